The summed E-state index contributed by atoms with van der Waals surface area (Å²) in [6.07, 6.45) is 0. The smallest absolute Gasteiger partial charge is 0.0647 e. The van der Waals surface area contributed by atoms with E-state index in [1.807, 2.05) is 0 Å². The summed E-state index contributed by atoms with van der Waals surface area (Å²) in [6, 6.07) is 10.7. The molecule has 1 heteroatoms. The Balaban J connectivity index is 0. The Bertz CT molecular complexity index is 167. The van der Waals surface area contributed by atoms with Crippen molar-refractivity contribution in [1.29, 1.82) is 0 Å². The zero-order valence-electron chi connectivity index (χ0n) is 5.96. The molecule has 0 fully saturated rings. The molecular formula is C10H20Si. The van der Waals surface area contributed by atoms with Gasteiger partial charge in [0.25, 0.3) is 0 Å². The summed E-state index contributed by atoms with van der Waals surface area (Å²) in [5, 5.41) is 1.55. The molecule has 64 valence electrons. The van der Waals surface area contributed by atoms with Crippen LogP contribution in [0.15, 0.2) is 30.3 Å². The summed E-state index contributed by atoms with van der Waals surface area (Å²) in [5.74, 6) is 0. The number of hydrogen-bond donors (Lipinski definition) is 0. The lowest BCUT2D eigenvalue weighted by Crippen LogP contribution is -2.21. The topological polar surface area (TPSA) is 0 Å². The van der Waals surface area contributed by atoms with Crippen LogP contribution in [0.3, 0.4) is 0 Å². The van der Waals surface area contributed by atoms with Gasteiger partial charge in [0.2, 0.25) is 0 Å². The fourth-order valence-corrected chi connectivity index (χ4v) is 1.83. The van der Waals surface area contributed by atoms with Gasteiger partial charge in [0, 0.05) is 0 Å². The molecule has 0 aliphatic rings. The Morgan fingerprint density at radius 3 is 1.64 bits per heavy atom. The van der Waals surface area contributed by atoms with Gasteiger partial charge in [0.05, 0.1) is 8.80 Å². The van der Waals surface area contributed by atoms with Gasteiger partial charge in [0.1, 0.15) is 0 Å². The van der Waals surface area contributed by atoms with Crippen LogP contribution in [0.1, 0.15) is 14.9 Å². The molecule has 0 atom stereocenters. The minimum absolute atomic E-state index is 0. The van der Waals surface area contributed by atoms with Crippen LogP contribution >= 0.6 is 0 Å². The molecule has 0 unspecified atom stereocenters. The van der Waals surface area contributed by atoms with Crippen LogP contribution in [0, 0.1) is 0 Å². The summed E-state index contributed by atoms with van der Waals surface area (Å²) in [7, 11) is -0.529. The van der Waals surface area contributed by atoms with E-state index in [-0.39, 0.29) is 14.9 Å². The van der Waals surface area contributed by atoms with Crippen molar-refractivity contribution in [1.82, 2.24) is 0 Å². The molecule has 0 nitrogen and oxygen atoms in total. The van der Waals surface area contributed by atoms with Crippen molar-refractivity contribution < 1.29 is 0 Å². The van der Waals surface area contributed by atoms with Gasteiger partial charge in [-0.15, -0.1) is 0 Å². The lowest BCUT2D eigenvalue weighted by atomic mass is 10.4. The summed E-state index contributed by atoms with van der Waals surface area (Å²) in [6.45, 7) is 4.69. The molecule has 0 saturated heterocycles. The van der Waals surface area contributed by atoms with E-state index in [1.165, 1.54) is 0 Å². The highest BCUT2D eigenvalue weighted by Gasteiger charge is 1.95. The lowest BCUT2D eigenvalue weighted by molar-refractivity contribution is 1.74. The summed E-state index contributed by atoms with van der Waals surface area (Å²) < 4.78 is 0. The van der Waals surface area contributed by atoms with Crippen molar-refractivity contribution in [3.63, 3.8) is 0 Å². The Morgan fingerprint density at radius 2 is 1.36 bits per heavy atom. The third-order valence-corrected chi connectivity index (χ3v) is 3.18. The Hall–Kier alpha value is -0.563. The van der Waals surface area contributed by atoms with Gasteiger partial charge in [-0.05, 0) is 0 Å². The maximum absolute atomic E-state index is 2.34. The zero-order chi connectivity index (χ0) is 6.69. The average Bonchev–Trinajstić information content (AvgIpc) is 1.90. The molecule has 0 aliphatic heterocycles. The molecule has 0 aliphatic carbocycles. The van der Waals surface area contributed by atoms with E-state index >= 15 is 0 Å². The van der Waals surface area contributed by atoms with Crippen LogP contribution < -0.4 is 5.19 Å². The summed E-state index contributed by atoms with van der Waals surface area (Å²) in [4.78, 5) is 0. The van der Waals surface area contributed by atoms with E-state index in [0.29, 0.717) is 0 Å². The Morgan fingerprint density at radius 1 is 0.909 bits per heavy atom. The molecule has 0 amide bonds. The van der Waals surface area contributed by atoms with Gasteiger partial charge in [-0.2, -0.15) is 0 Å². The predicted octanol–water partition coefficient (Wildman–Crippen LogP) is 2.65. The van der Waals surface area contributed by atoms with Crippen LogP contribution in [0.2, 0.25) is 13.1 Å². The van der Waals surface area contributed by atoms with E-state index in [1.54, 1.807) is 5.19 Å². The van der Waals surface area contributed by atoms with Gasteiger partial charge in [-0.25, -0.2) is 0 Å². The molecule has 1 aromatic rings. The van der Waals surface area contributed by atoms with Crippen molar-refractivity contribution in [3.8, 4) is 0 Å². The van der Waals surface area contributed by atoms with Gasteiger partial charge < -0.3 is 0 Å². The largest absolute Gasteiger partial charge is 0.0776 e. The predicted molar refractivity (Wildman–Crippen MR) is 58.4 cm³/mol. The highest BCUT2D eigenvalue weighted by atomic mass is 28.3. The molecule has 0 heterocycles. The lowest BCUT2D eigenvalue weighted by Gasteiger charge is -1.99. The number of rotatable bonds is 1. The average molecular weight is 168 g/mol. The fraction of sp³-hybridized carbons (Fsp3) is 0.400. The molecule has 0 saturated carbocycles. The van der Waals surface area contributed by atoms with Crippen LogP contribution in [-0.4, -0.2) is 8.80 Å². The minimum atomic E-state index is -0.529. The first-order valence-electron chi connectivity index (χ1n) is 3.35. The van der Waals surface area contributed by atoms with Gasteiger partial charge >= 0.3 is 0 Å². The van der Waals surface area contributed by atoms with Crippen LogP contribution in [0.5, 0.6) is 0 Å². The summed E-state index contributed by atoms with van der Waals surface area (Å²) >= 11 is 0. The van der Waals surface area contributed by atoms with E-state index in [4.69, 9.17) is 0 Å². The second-order valence-electron chi connectivity index (χ2n) is 2.57. The first kappa shape index (κ1) is 13.1. The van der Waals surface area contributed by atoms with E-state index in [9.17, 15) is 0 Å². The molecule has 0 N–H and O–H groups in total. The van der Waals surface area contributed by atoms with E-state index in [0.717, 1.165) is 0 Å². The molecule has 11 heavy (non-hydrogen) atoms. The maximum Gasteiger partial charge on any atom is 0.0647 e. The van der Waals surface area contributed by atoms with Crippen LogP contribution in [0.4, 0.5) is 0 Å². The number of benzene rings is 1. The first-order chi connectivity index (χ1) is 4.30. The van der Waals surface area contributed by atoms with Gasteiger partial charge in [-0.1, -0.05) is 63.5 Å². The van der Waals surface area contributed by atoms with E-state index in [2.05, 4.69) is 43.4 Å². The second-order valence-corrected chi connectivity index (χ2v) is 5.54. The maximum atomic E-state index is 2.34. The van der Waals surface area contributed by atoms with Crippen molar-refractivity contribution in [3.05, 3.63) is 30.3 Å². The van der Waals surface area contributed by atoms with Crippen molar-refractivity contribution in [2.24, 2.45) is 0 Å². The second kappa shape index (κ2) is 6.17. The summed E-state index contributed by atoms with van der Waals surface area (Å²) in [5.41, 5.74) is 0. The molecule has 0 radical (unpaired) electrons. The van der Waals surface area contributed by atoms with Crippen molar-refractivity contribution in [2.45, 2.75) is 27.9 Å². The van der Waals surface area contributed by atoms with Crippen LogP contribution in [0.25, 0.3) is 0 Å². The van der Waals surface area contributed by atoms with E-state index < -0.39 is 8.80 Å². The first-order valence-corrected chi connectivity index (χ1v) is 6.24. The third kappa shape index (κ3) is 3.99. The Kier molecular flexibility index (Phi) is 7.32. The fourth-order valence-electron chi connectivity index (χ4n) is 0.838. The molecule has 0 aromatic heterocycles. The molecule has 1 aromatic carbocycles. The van der Waals surface area contributed by atoms with Crippen molar-refractivity contribution in [2.75, 3.05) is 0 Å². The molecule has 1 rings (SSSR count). The molecule has 0 bridgehead atoms. The van der Waals surface area contributed by atoms with Crippen LogP contribution in [-0.2, 0) is 0 Å². The molecule has 0 spiro atoms. The SMILES string of the molecule is C.C.C[SiH](C)c1ccccc1. The van der Waals surface area contributed by atoms with Crippen molar-refractivity contribution >= 4 is 14.0 Å². The standard InChI is InChI=1S/C8H12Si.2CH4/c1-9(2)8-6-4-3-5-7-8;;/h3-7,9H,1-2H3;2*1H4. The third-order valence-electron chi connectivity index (χ3n) is 1.47. The Labute approximate surface area is 72.9 Å². The quantitative estimate of drug-likeness (QED) is 0.566. The monoisotopic (exact) mass is 168 g/mol. The number of hydrogen-bond acceptors (Lipinski definition) is 0. The minimum Gasteiger partial charge on any atom is -0.0776 e. The van der Waals surface area contributed by atoms with Gasteiger partial charge in [-0.3, -0.25) is 0 Å². The normalized spacial score (nSPS) is 8.27. The zero-order valence-corrected chi connectivity index (χ0v) is 7.12. The highest BCUT2D eigenvalue weighted by molar-refractivity contribution is 6.70. The molecular weight excluding hydrogens is 148 g/mol. The highest BCUT2D eigenvalue weighted by Crippen LogP contribution is 1.85. The van der Waals surface area contributed by atoms with Gasteiger partial charge in [0.15, 0.2) is 0 Å².